The first kappa shape index (κ1) is 21.8. The summed E-state index contributed by atoms with van der Waals surface area (Å²) in [6.07, 6.45) is 0. The first-order chi connectivity index (χ1) is 14.4. The third-order valence-electron chi connectivity index (χ3n) is 5.58. The lowest BCUT2D eigenvalue weighted by Gasteiger charge is -2.29. The second-order valence-electron chi connectivity index (χ2n) is 7.95. The van der Waals surface area contributed by atoms with Crippen LogP contribution in [-0.2, 0) is 9.59 Å². The minimum absolute atomic E-state index is 0.00512. The maximum absolute atomic E-state index is 12.5. The van der Waals surface area contributed by atoms with Crippen molar-refractivity contribution in [1.29, 1.82) is 0 Å². The van der Waals surface area contributed by atoms with Crippen LogP contribution in [0.3, 0.4) is 0 Å². The molecule has 0 atom stereocenters. The Bertz CT molecular complexity index is 872. The lowest BCUT2D eigenvalue weighted by molar-refractivity contribution is -1.00. The highest BCUT2D eigenvalue weighted by molar-refractivity contribution is 5.93. The van der Waals surface area contributed by atoms with Gasteiger partial charge in [-0.3, -0.25) is 9.59 Å². The van der Waals surface area contributed by atoms with Gasteiger partial charge in [0.25, 0.3) is 11.8 Å². The number of hydrogen-bond donors (Lipinski definition) is 4. The molecule has 2 aromatic carbocycles. The number of methoxy groups -OCH3 is 1. The fourth-order valence-electron chi connectivity index (χ4n) is 3.87. The van der Waals surface area contributed by atoms with E-state index >= 15 is 0 Å². The van der Waals surface area contributed by atoms with Gasteiger partial charge in [-0.1, -0.05) is 24.3 Å². The van der Waals surface area contributed by atoms with Crippen molar-refractivity contribution < 1.29 is 24.1 Å². The minimum atomic E-state index is -0.00512. The maximum atomic E-state index is 12.5. The number of para-hydroxylation sites is 1. The van der Waals surface area contributed by atoms with Crippen LogP contribution in [0.15, 0.2) is 42.5 Å². The van der Waals surface area contributed by atoms with Gasteiger partial charge in [0.1, 0.15) is 31.9 Å². The summed E-state index contributed by atoms with van der Waals surface area (Å²) in [5.74, 6) is 0.757. The zero-order chi connectivity index (χ0) is 21.5. The summed E-state index contributed by atoms with van der Waals surface area (Å²) in [6.45, 7) is 8.40. The van der Waals surface area contributed by atoms with Crippen molar-refractivity contribution in [1.82, 2.24) is 0 Å². The smallest absolute Gasteiger partial charge is 0.279 e. The Kier molecular flexibility index (Phi) is 7.43. The molecule has 0 bridgehead atoms. The van der Waals surface area contributed by atoms with Crippen molar-refractivity contribution in [2.24, 2.45) is 0 Å². The third kappa shape index (κ3) is 6.05. The average molecular weight is 413 g/mol. The van der Waals surface area contributed by atoms with Crippen LogP contribution >= 0.6 is 0 Å². The number of carbonyl (C=O) groups is 2. The molecule has 1 aliphatic rings. The molecular weight excluding hydrogens is 380 g/mol. The Morgan fingerprint density at radius 1 is 0.867 bits per heavy atom. The molecule has 0 aromatic heterocycles. The normalized spacial score (nSPS) is 18.5. The summed E-state index contributed by atoms with van der Waals surface area (Å²) in [4.78, 5) is 27.4. The molecule has 1 saturated heterocycles. The lowest BCUT2D eigenvalue weighted by atomic mass is 10.1. The Hall–Kier alpha value is -2.90. The number of aryl methyl sites for hydroxylation is 2. The fraction of sp³-hybridized carbons (Fsp3) is 0.391. The van der Waals surface area contributed by atoms with Crippen molar-refractivity contribution in [3.63, 3.8) is 0 Å². The van der Waals surface area contributed by atoms with Crippen LogP contribution < -0.4 is 25.2 Å². The summed E-state index contributed by atoms with van der Waals surface area (Å²) >= 11 is 0. The van der Waals surface area contributed by atoms with E-state index in [1.165, 1.54) is 9.80 Å². The van der Waals surface area contributed by atoms with Gasteiger partial charge in [0.05, 0.1) is 7.11 Å². The number of amides is 2. The molecule has 30 heavy (non-hydrogen) atoms. The van der Waals surface area contributed by atoms with E-state index in [9.17, 15) is 9.59 Å². The number of benzene rings is 2. The van der Waals surface area contributed by atoms with Gasteiger partial charge in [-0.25, -0.2) is 0 Å². The topological polar surface area (TPSA) is 76.3 Å². The lowest BCUT2D eigenvalue weighted by Crippen LogP contribution is -3.28. The summed E-state index contributed by atoms with van der Waals surface area (Å²) in [5.41, 5.74) is 3.82. The molecule has 0 saturated carbocycles. The van der Waals surface area contributed by atoms with E-state index < -0.39 is 0 Å². The number of piperazine rings is 1. The van der Waals surface area contributed by atoms with Crippen LogP contribution in [0.2, 0.25) is 0 Å². The Balaban J connectivity index is 1.42. The molecule has 2 aromatic rings. The molecule has 0 spiro atoms. The largest absolute Gasteiger partial charge is 0.497 e. The van der Waals surface area contributed by atoms with Gasteiger partial charge >= 0.3 is 0 Å². The van der Waals surface area contributed by atoms with E-state index in [1.807, 2.05) is 56.3 Å². The first-order valence-corrected chi connectivity index (χ1v) is 10.4. The van der Waals surface area contributed by atoms with Crippen LogP contribution in [-0.4, -0.2) is 58.2 Å². The van der Waals surface area contributed by atoms with Gasteiger partial charge in [0, 0.05) is 17.4 Å². The minimum Gasteiger partial charge on any atom is -0.497 e. The zero-order valence-electron chi connectivity index (χ0n) is 18.0. The van der Waals surface area contributed by atoms with E-state index in [0.29, 0.717) is 13.1 Å². The van der Waals surface area contributed by atoms with Gasteiger partial charge < -0.3 is 25.2 Å². The molecule has 0 radical (unpaired) electrons. The second-order valence-corrected chi connectivity index (χ2v) is 7.95. The van der Waals surface area contributed by atoms with Crippen molar-refractivity contribution in [2.75, 3.05) is 57.0 Å². The number of nitrogens with one attached hydrogen (secondary N) is 4. The Morgan fingerprint density at radius 3 is 1.97 bits per heavy atom. The summed E-state index contributed by atoms with van der Waals surface area (Å²) in [5, 5.41) is 6.00. The molecule has 0 aliphatic carbocycles. The number of rotatable bonds is 7. The van der Waals surface area contributed by atoms with Crippen LogP contribution in [0.4, 0.5) is 11.4 Å². The molecule has 0 unspecified atom stereocenters. The van der Waals surface area contributed by atoms with E-state index in [1.54, 1.807) is 7.11 Å². The molecule has 1 fully saturated rings. The van der Waals surface area contributed by atoms with Crippen molar-refractivity contribution in [3.05, 3.63) is 53.6 Å². The van der Waals surface area contributed by atoms with E-state index in [2.05, 4.69) is 10.6 Å². The van der Waals surface area contributed by atoms with Crippen LogP contribution in [0.25, 0.3) is 0 Å². The standard InChI is InChI=1S/C23H30N4O3/c1-17-6-4-7-18(2)23(17)25-22(29)16-27-12-10-26(11-13-27)15-21(28)24-19-8-5-9-20(14-19)30-3/h4-9,14H,10-13,15-16H2,1-3H3,(H,24,28)(H,25,29)/p+2. The number of anilines is 2. The van der Waals surface area contributed by atoms with Gasteiger partial charge in [0.15, 0.2) is 13.1 Å². The van der Waals surface area contributed by atoms with Crippen LogP contribution in [0.5, 0.6) is 5.75 Å². The molecule has 1 heterocycles. The summed E-state index contributed by atoms with van der Waals surface area (Å²) in [7, 11) is 1.61. The van der Waals surface area contributed by atoms with Crippen LogP contribution in [0.1, 0.15) is 11.1 Å². The van der Waals surface area contributed by atoms with Crippen LogP contribution in [0, 0.1) is 13.8 Å². The molecular formula is C23H32N4O3+2. The van der Waals surface area contributed by atoms with Crippen molar-refractivity contribution in [3.8, 4) is 5.75 Å². The third-order valence-corrected chi connectivity index (χ3v) is 5.58. The maximum Gasteiger partial charge on any atom is 0.279 e. The molecule has 4 N–H and O–H groups in total. The highest BCUT2D eigenvalue weighted by Gasteiger charge is 2.26. The second kappa shape index (κ2) is 10.2. The molecule has 1 aliphatic heterocycles. The highest BCUT2D eigenvalue weighted by atomic mass is 16.5. The number of quaternary nitrogens is 2. The molecule has 7 nitrogen and oxygen atoms in total. The number of ether oxygens (including phenoxy) is 1. The van der Waals surface area contributed by atoms with E-state index in [-0.39, 0.29) is 11.8 Å². The predicted octanol–water partition coefficient (Wildman–Crippen LogP) is -0.327. The molecule has 7 heteroatoms. The quantitative estimate of drug-likeness (QED) is 0.503. The SMILES string of the molecule is COc1cccc(NC(=O)C[NH+]2CC[NH+](CC(=O)Nc3c(C)cccc3C)CC2)c1. The first-order valence-electron chi connectivity index (χ1n) is 10.4. The number of hydrogen-bond acceptors (Lipinski definition) is 3. The molecule has 3 rings (SSSR count). The van der Waals surface area contributed by atoms with Gasteiger partial charge in [0.2, 0.25) is 0 Å². The van der Waals surface area contributed by atoms with E-state index in [4.69, 9.17) is 4.74 Å². The van der Waals surface area contributed by atoms with Crippen molar-refractivity contribution in [2.45, 2.75) is 13.8 Å². The van der Waals surface area contributed by atoms with Gasteiger partial charge in [-0.2, -0.15) is 0 Å². The Labute approximate surface area is 178 Å². The molecule has 160 valence electrons. The monoisotopic (exact) mass is 412 g/mol. The molecule has 2 amide bonds. The Morgan fingerprint density at radius 2 is 1.40 bits per heavy atom. The predicted molar refractivity (Wildman–Crippen MR) is 117 cm³/mol. The van der Waals surface area contributed by atoms with Gasteiger partial charge in [-0.05, 0) is 37.1 Å². The fourth-order valence-corrected chi connectivity index (χ4v) is 3.87. The van der Waals surface area contributed by atoms with Crippen molar-refractivity contribution >= 4 is 23.2 Å². The average Bonchev–Trinajstić information content (AvgIpc) is 2.72. The van der Waals surface area contributed by atoms with Gasteiger partial charge in [-0.15, -0.1) is 0 Å². The van der Waals surface area contributed by atoms with E-state index in [0.717, 1.165) is 54.4 Å². The highest BCUT2D eigenvalue weighted by Crippen LogP contribution is 2.19. The zero-order valence-corrected chi connectivity index (χ0v) is 18.0. The summed E-state index contributed by atoms with van der Waals surface area (Å²) in [6, 6.07) is 13.4. The summed E-state index contributed by atoms with van der Waals surface area (Å²) < 4.78 is 5.19. The number of carbonyl (C=O) groups excluding carboxylic acids is 2.